The molecule has 0 N–H and O–H groups in total. The van der Waals surface area contributed by atoms with E-state index in [-0.39, 0.29) is 25.6 Å². The molecule has 0 aromatic carbocycles. The number of hydrogen-bond acceptors (Lipinski definition) is 6. The third-order valence-electron chi connectivity index (χ3n) is 2.09. The molecule has 6 heteroatoms. The van der Waals surface area contributed by atoms with Crippen molar-refractivity contribution in [3.63, 3.8) is 0 Å². The maximum atomic E-state index is 11.7. The number of nitrogens with zero attached hydrogens (tertiary/aromatic N) is 1. The van der Waals surface area contributed by atoms with Gasteiger partial charge in [0, 0.05) is 6.42 Å². The van der Waals surface area contributed by atoms with Crippen LogP contribution in [0.25, 0.3) is 0 Å². The Morgan fingerprint density at radius 2 is 1.53 bits per heavy atom. The van der Waals surface area contributed by atoms with Gasteiger partial charge in [-0.2, -0.15) is 0 Å². The van der Waals surface area contributed by atoms with Crippen molar-refractivity contribution < 1.29 is 19.1 Å². The second-order valence-corrected chi connectivity index (χ2v) is 3.99. The van der Waals surface area contributed by atoms with Crippen LogP contribution in [-0.4, -0.2) is 30.7 Å². The molecule has 0 unspecified atom stereocenters. The van der Waals surface area contributed by atoms with Gasteiger partial charge in [0.2, 0.25) is 0 Å². The monoisotopic (exact) mass is 245 g/mol. The first-order valence-electron chi connectivity index (χ1n) is 5.63. The Bertz CT molecular complexity index is 270. The number of esters is 2. The van der Waals surface area contributed by atoms with E-state index >= 15 is 0 Å². The number of rotatable bonds is 7. The van der Waals surface area contributed by atoms with Crippen molar-refractivity contribution in [3.8, 4) is 0 Å². The van der Waals surface area contributed by atoms with Crippen LogP contribution in [0.1, 0.15) is 34.1 Å². The van der Waals surface area contributed by atoms with E-state index < -0.39 is 17.5 Å². The van der Waals surface area contributed by atoms with E-state index in [4.69, 9.17) is 9.47 Å². The van der Waals surface area contributed by atoms with Gasteiger partial charge in [0.15, 0.2) is 0 Å². The fourth-order valence-electron chi connectivity index (χ4n) is 1.45. The first kappa shape index (κ1) is 15.5. The predicted octanol–water partition coefficient (Wildman–Crippen LogP) is 1.66. The smallest absolute Gasteiger partial charge is 0.349 e. The molecule has 0 radical (unpaired) electrons. The van der Waals surface area contributed by atoms with E-state index in [2.05, 4.69) is 5.18 Å². The fourth-order valence-corrected chi connectivity index (χ4v) is 1.45. The standard InChI is InChI=1S/C11H19NO5/c1-5-16-9(13)11(12-15,7-8(3)4)10(14)17-6-2/h8H,5-7H2,1-4H3. The van der Waals surface area contributed by atoms with Gasteiger partial charge in [0.1, 0.15) is 0 Å². The van der Waals surface area contributed by atoms with Crippen LogP contribution in [0.4, 0.5) is 0 Å². The van der Waals surface area contributed by atoms with Gasteiger partial charge in [-0.25, -0.2) is 9.59 Å². The van der Waals surface area contributed by atoms with Gasteiger partial charge >= 0.3 is 11.9 Å². The Morgan fingerprint density at radius 1 is 1.12 bits per heavy atom. The predicted molar refractivity (Wildman–Crippen MR) is 61.2 cm³/mol. The third kappa shape index (κ3) is 3.80. The highest BCUT2D eigenvalue weighted by molar-refractivity contribution is 6.05. The lowest BCUT2D eigenvalue weighted by molar-refractivity contribution is -0.164. The molecule has 0 fully saturated rings. The van der Waals surface area contributed by atoms with Crippen LogP contribution >= 0.6 is 0 Å². The lowest BCUT2D eigenvalue weighted by Gasteiger charge is -2.23. The third-order valence-corrected chi connectivity index (χ3v) is 2.09. The number of carbonyl (C=O) groups is 2. The summed E-state index contributed by atoms with van der Waals surface area (Å²) < 4.78 is 9.47. The summed E-state index contributed by atoms with van der Waals surface area (Å²) in [6.07, 6.45) is -0.0197. The zero-order valence-electron chi connectivity index (χ0n) is 10.7. The molecule has 6 nitrogen and oxygen atoms in total. The molecule has 0 rings (SSSR count). The zero-order chi connectivity index (χ0) is 13.5. The van der Waals surface area contributed by atoms with Crippen molar-refractivity contribution in [1.29, 1.82) is 0 Å². The molecule has 0 aliphatic rings. The molecule has 0 aliphatic heterocycles. The minimum Gasteiger partial charge on any atom is -0.464 e. The van der Waals surface area contributed by atoms with E-state index in [0.29, 0.717) is 0 Å². The van der Waals surface area contributed by atoms with E-state index in [1.807, 2.05) is 0 Å². The second-order valence-electron chi connectivity index (χ2n) is 3.99. The zero-order valence-corrected chi connectivity index (χ0v) is 10.7. The Morgan fingerprint density at radius 3 is 1.76 bits per heavy atom. The topological polar surface area (TPSA) is 82.0 Å². The van der Waals surface area contributed by atoms with Gasteiger partial charge in [0.25, 0.3) is 5.54 Å². The van der Waals surface area contributed by atoms with Crippen LogP contribution in [0.15, 0.2) is 5.18 Å². The maximum Gasteiger partial charge on any atom is 0.349 e. The molecule has 0 saturated heterocycles. The largest absolute Gasteiger partial charge is 0.464 e. The van der Waals surface area contributed by atoms with E-state index in [9.17, 15) is 14.5 Å². The van der Waals surface area contributed by atoms with Crippen LogP contribution in [-0.2, 0) is 19.1 Å². The van der Waals surface area contributed by atoms with Crippen LogP contribution in [0, 0.1) is 10.8 Å². The number of ether oxygens (including phenoxy) is 2. The van der Waals surface area contributed by atoms with Crippen molar-refractivity contribution in [2.24, 2.45) is 11.1 Å². The van der Waals surface area contributed by atoms with Crippen LogP contribution in [0.2, 0.25) is 0 Å². The van der Waals surface area contributed by atoms with Gasteiger partial charge in [-0.3, -0.25) is 0 Å². The summed E-state index contributed by atoms with van der Waals surface area (Å²) in [4.78, 5) is 34.4. The second kappa shape index (κ2) is 6.98. The van der Waals surface area contributed by atoms with Crippen molar-refractivity contribution in [1.82, 2.24) is 0 Å². The average molecular weight is 245 g/mol. The van der Waals surface area contributed by atoms with Crippen molar-refractivity contribution in [3.05, 3.63) is 4.91 Å². The lowest BCUT2D eigenvalue weighted by Crippen LogP contribution is -2.48. The van der Waals surface area contributed by atoms with E-state index in [1.165, 1.54) is 0 Å². The first-order valence-corrected chi connectivity index (χ1v) is 5.63. The number of carbonyl (C=O) groups excluding carboxylic acids is 2. The Hall–Kier alpha value is -1.46. The Balaban J connectivity index is 5.20. The molecule has 17 heavy (non-hydrogen) atoms. The van der Waals surface area contributed by atoms with Gasteiger partial charge in [0.05, 0.1) is 13.2 Å². The highest BCUT2D eigenvalue weighted by Crippen LogP contribution is 2.25. The highest BCUT2D eigenvalue weighted by atomic mass is 16.6. The van der Waals surface area contributed by atoms with Gasteiger partial charge < -0.3 is 9.47 Å². The van der Waals surface area contributed by atoms with Gasteiger partial charge in [-0.1, -0.05) is 13.8 Å². The molecule has 0 amide bonds. The average Bonchev–Trinajstić information content (AvgIpc) is 2.26. The van der Waals surface area contributed by atoms with E-state index in [1.54, 1.807) is 27.7 Å². The molecule has 0 saturated carbocycles. The summed E-state index contributed by atoms with van der Waals surface area (Å²) in [5.41, 5.74) is -2.07. The SMILES string of the molecule is CCOC(=O)C(CC(C)C)(N=O)C(=O)OCC. The van der Waals surface area contributed by atoms with Crippen LogP contribution in [0.3, 0.4) is 0 Å². The summed E-state index contributed by atoms with van der Waals surface area (Å²) >= 11 is 0. The molecule has 0 heterocycles. The molecule has 0 aromatic rings. The minimum absolute atomic E-state index is 0.0197. The molecule has 0 bridgehead atoms. The first-order chi connectivity index (χ1) is 7.94. The lowest BCUT2D eigenvalue weighted by atomic mass is 9.89. The van der Waals surface area contributed by atoms with Crippen LogP contribution < -0.4 is 0 Å². The highest BCUT2D eigenvalue weighted by Gasteiger charge is 2.51. The van der Waals surface area contributed by atoms with Gasteiger partial charge in [-0.05, 0) is 24.9 Å². The number of hydrogen-bond donors (Lipinski definition) is 0. The van der Waals surface area contributed by atoms with Crippen molar-refractivity contribution >= 4 is 11.9 Å². The maximum absolute atomic E-state index is 11.7. The Kier molecular flexibility index (Phi) is 6.38. The fraction of sp³-hybridized carbons (Fsp3) is 0.818. The Labute approximate surface area is 101 Å². The molecule has 0 atom stereocenters. The summed E-state index contributed by atoms with van der Waals surface area (Å²) in [5.74, 6) is -1.95. The minimum atomic E-state index is -2.07. The molecule has 0 spiro atoms. The summed E-state index contributed by atoms with van der Waals surface area (Å²) in [7, 11) is 0. The van der Waals surface area contributed by atoms with Crippen LogP contribution in [0.5, 0.6) is 0 Å². The molecule has 0 aromatic heterocycles. The summed E-state index contributed by atoms with van der Waals surface area (Å²) in [5, 5.41) is 2.70. The molecular formula is C11H19NO5. The quantitative estimate of drug-likeness (QED) is 0.387. The van der Waals surface area contributed by atoms with Crippen molar-refractivity contribution in [2.75, 3.05) is 13.2 Å². The molecule has 0 aliphatic carbocycles. The van der Waals surface area contributed by atoms with Crippen molar-refractivity contribution in [2.45, 2.75) is 39.7 Å². The van der Waals surface area contributed by atoms with E-state index in [0.717, 1.165) is 0 Å². The molecule has 98 valence electrons. The summed E-state index contributed by atoms with van der Waals surface area (Å²) in [6, 6.07) is 0. The number of nitroso groups, excluding NO2 is 1. The van der Waals surface area contributed by atoms with Gasteiger partial charge in [-0.15, -0.1) is 4.91 Å². The molecular weight excluding hydrogens is 226 g/mol. The normalized spacial score (nSPS) is 11.1. The summed E-state index contributed by atoms with van der Waals surface area (Å²) in [6.45, 7) is 6.89.